The van der Waals surface area contributed by atoms with Gasteiger partial charge in [-0.3, -0.25) is 19.3 Å². The summed E-state index contributed by atoms with van der Waals surface area (Å²) in [4.78, 5) is 67.9. The Hall–Kier alpha value is -6.78. The number of amides is 3. The number of nitrogens with zero attached hydrogens (tertiary/aromatic N) is 1. The molecule has 0 saturated carbocycles. The monoisotopic (exact) mass is 966 g/mol. The van der Waals surface area contributed by atoms with E-state index < -0.39 is 101 Å². The Bertz CT molecular complexity index is 2610. The zero-order valence-corrected chi connectivity index (χ0v) is 40.2. The van der Waals surface area contributed by atoms with Crippen molar-refractivity contribution in [1.29, 1.82) is 0 Å². The number of carbonyl (C=O) groups excluding carboxylic acids is 5. The van der Waals surface area contributed by atoms with Gasteiger partial charge in [-0.2, -0.15) is 0 Å². The number of ketones is 2. The van der Waals surface area contributed by atoms with E-state index in [4.69, 9.17) is 19.9 Å². The summed E-state index contributed by atoms with van der Waals surface area (Å²) in [5, 5.41) is 66.7. The number of aromatic hydroxyl groups is 1. The zero-order chi connectivity index (χ0) is 50.1. The second-order valence-electron chi connectivity index (χ2n) is 18.0. The van der Waals surface area contributed by atoms with Gasteiger partial charge in [0, 0.05) is 11.5 Å². The number of hydrogen-bond donors (Lipinski definition) is 8. The Morgan fingerprint density at radius 3 is 1.77 bits per heavy atom. The fourth-order valence-corrected chi connectivity index (χ4v) is 15.5. The van der Waals surface area contributed by atoms with Crippen LogP contribution in [0.2, 0.25) is 0 Å². The summed E-state index contributed by atoms with van der Waals surface area (Å²) in [5.41, 5.74) is 0.421. The van der Waals surface area contributed by atoms with Crippen LogP contribution < -0.4 is 46.5 Å². The van der Waals surface area contributed by atoms with Crippen LogP contribution in [0.4, 0.5) is 5.69 Å². The Morgan fingerprint density at radius 2 is 1.29 bits per heavy atom. The molecule has 9 N–H and O–H groups in total. The molecule has 0 spiro atoms. The van der Waals surface area contributed by atoms with E-state index in [9.17, 15) is 49.5 Å². The van der Waals surface area contributed by atoms with E-state index in [-0.39, 0.29) is 29.1 Å². The number of nitrogens with two attached hydrogens (primary N) is 1. The summed E-state index contributed by atoms with van der Waals surface area (Å²) < 4.78 is 16.5. The number of rotatable bonds is 17. The molecule has 4 aromatic carbocycles. The fourth-order valence-electron chi connectivity index (χ4n) is 10.6. The SMILES string of the molecule is COc1ccc([PH](CCCCCC(=O)NCC(=O)Nc2ccc3c(c2O)C(=O)C2=C(O)[C@]4(O)C(=O)C(C(N)=O)=C(O)[C@@H](N(C)C)[C@@H]4[C@@H](O)[C@@H]2[C@H]3C)(c2ccc(OC)cc2)c2ccc(OC)cc2)cc1. The van der Waals surface area contributed by atoms with Crippen molar-refractivity contribution in [3.05, 3.63) is 119 Å². The van der Waals surface area contributed by atoms with E-state index in [0.29, 0.717) is 12.8 Å². The Kier molecular flexibility index (Phi) is 14.6. The Balaban J connectivity index is 1.03. The van der Waals surface area contributed by atoms with Gasteiger partial charge in [-0.1, -0.05) is 13.0 Å². The molecule has 3 aliphatic carbocycles. The molecule has 0 bridgehead atoms. The third-order valence-corrected chi connectivity index (χ3v) is 19.1. The van der Waals surface area contributed by atoms with E-state index in [2.05, 4.69) is 47.0 Å². The van der Waals surface area contributed by atoms with E-state index in [1.54, 1.807) is 28.3 Å². The van der Waals surface area contributed by atoms with Gasteiger partial charge >= 0.3 is 237 Å². The average molecular weight is 967 g/mol. The Labute approximate surface area is 399 Å². The van der Waals surface area contributed by atoms with Crippen LogP contribution in [0.25, 0.3) is 0 Å². The number of fused-ring (bicyclic) bond motifs is 3. The number of primary amides is 1. The molecule has 6 atom stereocenters. The minimum atomic E-state index is -3.07. The van der Waals surface area contributed by atoms with Crippen LogP contribution in [0.1, 0.15) is 54.4 Å². The zero-order valence-electron chi connectivity index (χ0n) is 39.2. The van der Waals surface area contributed by atoms with Crippen molar-refractivity contribution in [3.8, 4) is 23.0 Å². The number of phenolic OH excluding ortho intramolecular Hbond substituents is 1. The van der Waals surface area contributed by atoms with Crippen LogP contribution >= 0.6 is 7.26 Å². The van der Waals surface area contributed by atoms with E-state index in [0.717, 1.165) is 29.8 Å². The average Bonchev–Trinajstić information content (AvgIpc) is 3.34. The van der Waals surface area contributed by atoms with Gasteiger partial charge in [-0.25, -0.2) is 0 Å². The molecule has 0 heterocycles. The van der Waals surface area contributed by atoms with Crippen molar-refractivity contribution in [2.24, 2.45) is 17.6 Å². The summed E-state index contributed by atoms with van der Waals surface area (Å²) in [6.45, 7) is 1.14. The van der Waals surface area contributed by atoms with E-state index >= 15 is 0 Å². The van der Waals surface area contributed by atoms with Crippen molar-refractivity contribution < 1.29 is 63.7 Å². The first-order valence-corrected chi connectivity index (χ1v) is 24.8. The van der Waals surface area contributed by atoms with Crippen molar-refractivity contribution in [1.82, 2.24) is 10.2 Å². The molecule has 0 unspecified atom stereocenters. The molecule has 0 saturated heterocycles. The van der Waals surface area contributed by atoms with E-state index in [1.165, 1.54) is 47.0 Å². The van der Waals surface area contributed by atoms with Gasteiger partial charge in [-0.05, 0) is 25.6 Å². The molecule has 17 nitrogen and oxygen atoms in total. The maximum absolute atomic E-state index is 14.3. The molecular weight excluding hydrogens is 908 g/mol. The number of Topliss-reactive ketones (excluding diaryl/α,β-unsaturated/α-hetero) is 2. The molecular formula is C51H59N4O13P. The molecule has 4 aromatic rings. The van der Waals surface area contributed by atoms with Crippen molar-refractivity contribution in [2.75, 3.05) is 53.4 Å². The summed E-state index contributed by atoms with van der Waals surface area (Å²) in [6.07, 6.45) is 1.24. The number of aliphatic hydroxyl groups excluding tert-OH is 3. The first-order chi connectivity index (χ1) is 32.9. The predicted molar refractivity (Wildman–Crippen MR) is 261 cm³/mol. The number of anilines is 1. The van der Waals surface area contributed by atoms with E-state index in [1.807, 2.05) is 36.4 Å². The second kappa shape index (κ2) is 20.1. The van der Waals surface area contributed by atoms with Crippen LogP contribution in [0, 0.1) is 11.8 Å². The van der Waals surface area contributed by atoms with Crippen molar-refractivity contribution in [2.45, 2.75) is 56.3 Å². The number of likely N-dealkylation sites (N-methyl/N-ethyl adjacent to an activating group) is 1. The minimum absolute atomic E-state index is 0.138. The number of methoxy groups -OCH3 is 3. The van der Waals surface area contributed by atoms with Crippen LogP contribution in [0.3, 0.4) is 0 Å². The molecule has 3 amide bonds. The van der Waals surface area contributed by atoms with Gasteiger partial charge in [-0.15, -0.1) is 0 Å². The molecule has 7 rings (SSSR count). The molecule has 0 aromatic heterocycles. The maximum atomic E-state index is 14.3. The first-order valence-electron chi connectivity index (χ1n) is 22.6. The third kappa shape index (κ3) is 8.80. The van der Waals surface area contributed by atoms with Gasteiger partial charge in [0.25, 0.3) is 5.91 Å². The van der Waals surface area contributed by atoms with Gasteiger partial charge < -0.3 is 31.3 Å². The molecule has 0 fully saturated rings. The molecule has 18 heteroatoms. The summed E-state index contributed by atoms with van der Waals surface area (Å²) in [7, 11) is 5.12. The molecule has 0 radical (unpaired) electrons. The second-order valence-corrected chi connectivity index (χ2v) is 22.0. The van der Waals surface area contributed by atoms with Gasteiger partial charge in [0.1, 0.15) is 17.1 Å². The number of nitrogens with one attached hydrogen (secondary N) is 2. The van der Waals surface area contributed by atoms with Gasteiger partial charge in [0.05, 0.1) is 23.6 Å². The number of benzene rings is 4. The number of unbranched alkanes of at least 4 members (excludes halogenated alkanes) is 2. The Morgan fingerprint density at radius 1 is 0.768 bits per heavy atom. The predicted octanol–water partition coefficient (Wildman–Crippen LogP) is 3.02. The number of aliphatic hydroxyl groups is 4. The van der Waals surface area contributed by atoms with Crippen molar-refractivity contribution >= 4 is 58.2 Å². The van der Waals surface area contributed by atoms with Crippen LogP contribution in [0.5, 0.6) is 23.0 Å². The number of hydrogen-bond acceptors (Lipinski definition) is 14. The van der Waals surface area contributed by atoms with Crippen LogP contribution in [0.15, 0.2) is 108 Å². The normalized spacial score (nSPS) is 22.3. The molecule has 366 valence electrons. The third-order valence-electron chi connectivity index (χ3n) is 14.1. The fraction of sp³-hybridized carbons (Fsp3) is 0.353. The standard InChI is InChI=1S/C51H59N4O13P/c1-27-34-23-24-35(44(58)39(34)45(59)40-38(27)46(60)42-43(55(2)3)47(61)41(50(52)64)49(63)51(42,65)48(40)62)54-37(57)26-53-36(56)10-8-7-9-25-69(31-17-11-28(66-4)12-18-31,32-19-13-29(67-5)14-20-32)33-21-15-30(68-6)16-22-33/h11-24,27,38,42-43,46,58,60-62,65,69H,7-10,25-26H2,1-6H3,(H2,52,64)(H,53,56)(H,54,57)/t27-,38+,42+,43-,46-,51-/m0/s1. The first kappa shape index (κ1) is 50.1. The summed E-state index contributed by atoms with van der Waals surface area (Å²) >= 11 is 0. The number of phenols is 1. The van der Waals surface area contributed by atoms with Gasteiger partial charge in [0.2, 0.25) is 5.78 Å². The van der Waals surface area contributed by atoms with Gasteiger partial charge in [0.15, 0.2) is 11.4 Å². The topological polar surface area (TPSA) is 268 Å². The van der Waals surface area contributed by atoms with Crippen molar-refractivity contribution in [3.63, 3.8) is 0 Å². The summed E-state index contributed by atoms with van der Waals surface area (Å²) in [5.74, 6) is -9.19. The number of carbonyl (C=O) groups is 5. The molecule has 0 aliphatic heterocycles. The quantitative estimate of drug-likeness (QED) is 0.0328. The van der Waals surface area contributed by atoms with Crippen LogP contribution in [-0.2, 0) is 19.2 Å². The van der Waals surface area contributed by atoms with Crippen LogP contribution in [-0.4, -0.2) is 126 Å². The number of ether oxygens (including phenoxy) is 3. The molecule has 3 aliphatic rings. The molecule has 69 heavy (non-hydrogen) atoms. The summed E-state index contributed by atoms with van der Waals surface area (Å²) in [6, 6.07) is 25.9.